The van der Waals surface area contributed by atoms with Crippen LogP contribution in [-0.4, -0.2) is 32.9 Å². The van der Waals surface area contributed by atoms with Gasteiger partial charge in [0.1, 0.15) is 11.9 Å². The fraction of sp³-hybridized carbons (Fsp3) is 0.263. The number of hydrogen-bond donors (Lipinski definition) is 2. The molecule has 2 aromatic carbocycles. The van der Waals surface area contributed by atoms with Crippen molar-refractivity contribution in [1.82, 2.24) is 4.72 Å². The Morgan fingerprint density at radius 1 is 1.14 bits per heavy atom. The summed E-state index contributed by atoms with van der Waals surface area (Å²) in [4.78, 5) is 24.2. The molecule has 0 saturated heterocycles. The van der Waals surface area contributed by atoms with Crippen molar-refractivity contribution < 1.29 is 27.1 Å². The number of halogens is 2. The van der Waals surface area contributed by atoms with Crippen molar-refractivity contribution in [2.45, 2.75) is 24.8 Å². The SMILES string of the molecule is CC(C)[C@@H](NS(=O)(=O)c1ccc(Cl)cc1)C(=O)OCC(=O)Nc1cccc(F)c1. The van der Waals surface area contributed by atoms with Crippen LogP contribution in [0, 0.1) is 11.7 Å². The number of carbonyl (C=O) groups is 2. The normalized spacial score (nSPS) is 12.4. The lowest BCUT2D eigenvalue weighted by atomic mass is 10.1. The first-order chi connectivity index (χ1) is 13.6. The molecular weight excluding hydrogens is 423 g/mol. The third-order valence-corrected chi connectivity index (χ3v) is 5.49. The Balaban J connectivity index is 2.00. The van der Waals surface area contributed by atoms with Crippen molar-refractivity contribution >= 4 is 39.2 Å². The van der Waals surface area contributed by atoms with Gasteiger partial charge in [-0.05, 0) is 48.4 Å². The number of rotatable bonds is 8. The van der Waals surface area contributed by atoms with E-state index < -0.39 is 46.3 Å². The predicted molar refractivity (Wildman–Crippen MR) is 106 cm³/mol. The molecule has 7 nitrogen and oxygen atoms in total. The molecule has 1 amide bonds. The molecule has 1 atom stereocenters. The maximum atomic E-state index is 13.1. The number of nitrogens with one attached hydrogen (secondary N) is 2. The Kier molecular flexibility index (Phi) is 7.72. The van der Waals surface area contributed by atoms with E-state index in [1.54, 1.807) is 13.8 Å². The van der Waals surface area contributed by atoms with Gasteiger partial charge in [-0.1, -0.05) is 31.5 Å². The van der Waals surface area contributed by atoms with Crippen LogP contribution >= 0.6 is 11.6 Å². The van der Waals surface area contributed by atoms with Crippen molar-refractivity contribution in [3.63, 3.8) is 0 Å². The number of sulfonamides is 1. The maximum Gasteiger partial charge on any atom is 0.324 e. The Morgan fingerprint density at radius 3 is 2.38 bits per heavy atom. The summed E-state index contributed by atoms with van der Waals surface area (Å²) in [7, 11) is -4.01. The number of ether oxygens (including phenoxy) is 1. The van der Waals surface area contributed by atoms with E-state index in [1.165, 1.54) is 42.5 Å². The van der Waals surface area contributed by atoms with Crippen LogP contribution in [-0.2, 0) is 24.3 Å². The fourth-order valence-corrected chi connectivity index (χ4v) is 3.75. The van der Waals surface area contributed by atoms with E-state index in [0.29, 0.717) is 5.02 Å². The number of amides is 1. The van der Waals surface area contributed by atoms with E-state index >= 15 is 0 Å². The van der Waals surface area contributed by atoms with Crippen molar-refractivity contribution in [2.75, 3.05) is 11.9 Å². The fourth-order valence-electron chi connectivity index (χ4n) is 2.30. The van der Waals surface area contributed by atoms with E-state index in [0.717, 1.165) is 6.07 Å². The van der Waals surface area contributed by atoms with E-state index in [-0.39, 0.29) is 10.6 Å². The van der Waals surface area contributed by atoms with Gasteiger partial charge in [0.15, 0.2) is 6.61 Å². The van der Waals surface area contributed by atoms with Crippen LogP contribution in [0.25, 0.3) is 0 Å². The van der Waals surface area contributed by atoms with Gasteiger partial charge in [0.05, 0.1) is 4.90 Å². The van der Waals surface area contributed by atoms with E-state index in [2.05, 4.69) is 10.0 Å². The molecule has 156 valence electrons. The molecule has 0 spiro atoms. The topological polar surface area (TPSA) is 102 Å². The summed E-state index contributed by atoms with van der Waals surface area (Å²) in [6.07, 6.45) is 0. The van der Waals surface area contributed by atoms with E-state index in [4.69, 9.17) is 16.3 Å². The zero-order valence-corrected chi connectivity index (χ0v) is 17.3. The molecule has 0 bridgehead atoms. The molecule has 0 aliphatic carbocycles. The molecule has 2 rings (SSSR count). The highest BCUT2D eigenvalue weighted by Gasteiger charge is 2.30. The third-order valence-electron chi connectivity index (χ3n) is 3.78. The second kappa shape index (κ2) is 9.82. The molecule has 0 aliphatic heterocycles. The smallest absolute Gasteiger partial charge is 0.324 e. The van der Waals surface area contributed by atoms with Crippen molar-refractivity contribution in [3.05, 3.63) is 59.4 Å². The zero-order chi connectivity index (χ0) is 21.6. The van der Waals surface area contributed by atoms with Crippen LogP contribution in [0.5, 0.6) is 0 Å². The lowest BCUT2D eigenvalue weighted by Gasteiger charge is -2.20. The second-order valence-electron chi connectivity index (χ2n) is 6.46. The summed E-state index contributed by atoms with van der Waals surface area (Å²) in [5, 5.41) is 2.75. The van der Waals surface area contributed by atoms with Crippen LogP contribution in [0.2, 0.25) is 5.02 Å². The summed E-state index contributed by atoms with van der Waals surface area (Å²) in [6.45, 7) is 2.60. The number of anilines is 1. The molecule has 2 N–H and O–H groups in total. The summed E-state index contributed by atoms with van der Waals surface area (Å²) < 4.78 is 45.4. The molecule has 0 aliphatic rings. The number of carbonyl (C=O) groups excluding carboxylic acids is 2. The van der Waals surface area contributed by atoms with Crippen LogP contribution in [0.1, 0.15) is 13.8 Å². The largest absolute Gasteiger partial charge is 0.454 e. The average molecular weight is 443 g/mol. The highest BCUT2D eigenvalue weighted by atomic mass is 35.5. The minimum Gasteiger partial charge on any atom is -0.454 e. The van der Waals surface area contributed by atoms with Crippen molar-refractivity contribution in [3.8, 4) is 0 Å². The average Bonchev–Trinajstić information content (AvgIpc) is 2.64. The summed E-state index contributed by atoms with van der Waals surface area (Å²) in [5.74, 6) is -2.58. The minimum atomic E-state index is -4.01. The first kappa shape index (κ1) is 22.8. The highest BCUT2D eigenvalue weighted by molar-refractivity contribution is 7.89. The first-order valence-electron chi connectivity index (χ1n) is 8.58. The molecule has 29 heavy (non-hydrogen) atoms. The van der Waals surface area contributed by atoms with Gasteiger partial charge in [-0.3, -0.25) is 9.59 Å². The molecule has 0 aromatic heterocycles. The Morgan fingerprint density at radius 2 is 1.79 bits per heavy atom. The summed E-state index contributed by atoms with van der Waals surface area (Å²) >= 11 is 5.76. The van der Waals surface area contributed by atoms with Crippen LogP contribution in [0.4, 0.5) is 10.1 Å². The zero-order valence-electron chi connectivity index (χ0n) is 15.7. The number of esters is 1. The van der Waals surface area contributed by atoms with Gasteiger partial charge in [0, 0.05) is 10.7 Å². The minimum absolute atomic E-state index is 0.0656. The van der Waals surface area contributed by atoms with Gasteiger partial charge in [0.25, 0.3) is 5.91 Å². The monoisotopic (exact) mass is 442 g/mol. The van der Waals surface area contributed by atoms with Gasteiger partial charge in [-0.15, -0.1) is 0 Å². The molecule has 0 saturated carbocycles. The first-order valence-corrected chi connectivity index (χ1v) is 10.4. The second-order valence-corrected chi connectivity index (χ2v) is 8.61. The highest BCUT2D eigenvalue weighted by Crippen LogP contribution is 2.16. The lowest BCUT2D eigenvalue weighted by molar-refractivity contribution is -0.150. The van der Waals surface area contributed by atoms with Crippen molar-refractivity contribution in [2.24, 2.45) is 5.92 Å². The van der Waals surface area contributed by atoms with Crippen LogP contribution in [0.3, 0.4) is 0 Å². The Hall–Kier alpha value is -2.49. The van der Waals surface area contributed by atoms with Gasteiger partial charge in [-0.2, -0.15) is 4.72 Å². The quantitative estimate of drug-likeness (QED) is 0.612. The van der Waals surface area contributed by atoms with Gasteiger partial charge in [0.2, 0.25) is 10.0 Å². The Bertz CT molecular complexity index is 980. The molecule has 0 radical (unpaired) electrons. The van der Waals surface area contributed by atoms with Crippen LogP contribution in [0.15, 0.2) is 53.4 Å². The molecule has 0 fully saturated rings. The molecule has 0 unspecified atom stereocenters. The summed E-state index contributed by atoms with van der Waals surface area (Å²) in [5.41, 5.74) is 0.204. The summed E-state index contributed by atoms with van der Waals surface area (Å²) in [6, 6.07) is 9.44. The molecule has 2 aromatic rings. The molecule has 0 heterocycles. The number of benzene rings is 2. The predicted octanol–water partition coefficient (Wildman–Crippen LogP) is 2.96. The van der Waals surface area contributed by atoms with Crippen molar-refractivity contribution in [1.29, 1.82) is 0 Å². The molecule has 10 heteroatoms. The van der Waals surface area contributed by atoms with Gasteiger partial charge >= 0.3 is 5.97 Å². The maximum absolute atomic E-state index is 13.1. The van der Waals surface area contributed by atoms with E-state index in [1.807, 2.05) is 0 Å². The van der Waals surface area contributed by atoms with Gasteiger partial charge < -0.3 is 10.1 Å². The number of hydrogen-bond acceptors (Lipinski definition) is 5. The Labute approximate surface area is 173 Å². The van der Waals surface area contributed by atoms with Crippen LogP contribution < -0.4 is 10.0 Å². The standard InChI is InChI=1S/C19H20ClFN2O5S/c1-12(2)18(23-29(26,27)16-8-6-13(20)7-9-16)19(25)28-11-17(24)22-15-5-3-4-14(21)10-15/h3-10,12,18,23H,11H2,1-2H3,(H,22,24)/t18-/m1/s1. The molecular formula is C19H20ClFN2O5S. The lowest BCUT2D eigenvalue weighted by Crippen LogP contribution is -2.45. The van der Waals surface area contributed by atoms with Gasteiger partial charge in [-0.25, -0.2) is 12.8 Å². The van der Waals surface area contributed by atoms with E-state index in [9.17, 15) is 22.4 Å². The third kappa shape index (κ3) is 6.81.